The van der Waals surface area contributed by atoms with E-state index in [1.807, 2.05) is 6.20 Å². The molecule has 0 amide bonds. The Morgan fingerprint density at radius 1 is 1.39 bits per heavy atom. The fraction of sp³-hybridized carbons (Fsp3) is 0.667. The summed E-state index contributed by atoms with van der Waals surface area (Å²) in [5.41, 5.74) is 1.32. The molecule has 1 aliphatic heterocycles. The lowest BCUT2D eigenvalue weighted by molar-refractivity contribution is 0.152. The first-order chi connectivity index (χ1) is 8.79. The van der Waals surface area contributed by atoms with Crippen LogP contribution in [0.25, 0.3) is 0 Å². The van der Waals surface area contributed by atoms with E-state index in [1.165, 1.54) is 31.4 Å². The Morgan fingerprint density at radius 3 is 2.94 bits per heavy atom. The normalized spacial score (nSPS) is 20.9. The summed E-state index contributed by atoms with van der Waals surface area (Å²) < 4.78 is 0. The van der Waals surface area contributed by atoms with Gasteiger partial charge in [-0.25, -0.2) is 4.98 Å². The van der Waals surface area contributed by atoms with Crippen LogP contribution in [0, 0.1) is 0 Å². The third-order valence-electron chi connectivity index (χ3n) is 3.71. The van der Waals surface area contributed by atoms with Gasteiger partial charge >= 0.3 is 0 Å². The van der Waals surface area contributed by atoms with Crippen molar-refractivity contribution in [1.29, 1.82) is 0 Å². The van der Waals surface area contributed by atoms with Crippen LogP contribution >= 0.6 is 0 Å². The van der Waals surface area contributed by atoms with E-state index >= 15 is 0 Å². The Bertz CT molecular complexity index is 347. The molecular formula is C15H25N3. The number of aromatic nitrogens is 1. The zero-order valence-corrected chi connectivity index (χ0v) is 11.7. The maximum Gasteiger partial charge on any atom is 0.125 e. The molecule has 1 N–H and O–H groups in total. The fourth-order valence-electron chi connectivity index (χ4n) is 2.50. The second-order valence-corrected chi connectivity index (χ2v) is 5.29. The van der Waals surface area contributed by atoms with Gasteiger partial charge in [0.1, 0.15) is 5.82 Å². The number of rotatable bonds is 5. The van der Waals surface area contributed by atoms with Crippen molar-refractivity contribution in [2.24, 2.45) is 0 Å². The topological polar surface area (TPSA) is 28.2 Å². The number of likely N-dealkylation sites (tertiary alicyclic amines) is 1. The Labute approximate surface area is 111 Å². The minimum Gasteiger partial charge on any atom is -0.370 e. The Balaban J connectivity index is 1.89. The average molecular weight is 247 g/mol. The molecule has 1 atom stereocenters. The molecule has 3 nitrogen and oxygen atoms in total. The van der Waals surface area contributed by atoms with Crippen LogP contribution in [0.3, 0.4) is 0 Å². The van der Waals surface area contributed by atoms with Crippen LogP contribution < -0.4 is 5.32 Å². The number of hydrogen-bond donors (Lipinski definition) is 1. The second-order valence-electron chi connectivity index (χ2n) is 5.29. The van der Waals surface area contributed by atoms with Crippen molar-refractivity contribution in [1.82, 2.24) is 9.88 Å². The van der Waals surface area contributed by atoms with E-state index < -0.39 is 0 Å². The number of piperidine rings is 1. The molecule has 1 aromatic heterocycles. The van der Waals surface area contributed by atoms with Crippen LogP contribution in [0.4, 0.5) is 5.82 Å². The lowest BCUT2D eigenvalue weighted by Gasteiger charge is -2.33. The van der Waals surface area contributed by atoms with Gasteiger partial charge in [-0.1, -0.05) is 19.4 Å². The summed E-state index contributed by atoms with van der Waals surface area (Å²) in [6.45, 7) is 7.78. The summed E-state index contributed by atoms with van der Waals surface area (Å²) in [6, 6.07) is 5.02. The summed E-state index contributed by atoms with van der Waals surface area (Å²) in [4.78, 5) is 7.04. The highest BCUT2D eigenvalue weighted by Crippen LogP contribution is 2.19. The van der Waals surface area contributed by atoms with E-state index in [2.05, 4.69) is 41.2 Å². The molecule has 0 spiro atoms. The molecule has 100 valence electrons. The number of nitrogens with zero attached hydrogens (tertiary/aromatic N) is 2. The Morgan fingerprint density at radius 2 is 2.28 bits per heavy atom. The summed E-state index contributed by atoms with van der Waals surface area (Å²) >= 11 is 0. The van der Waals surface area contributed by atoms with Crippen LogP contribution in [-0.2, 0) is 6.54 Å². The number of pyridine rings is 1. The predicted molar refractivity (Wildman–Crippen MR) is 76.7 cm³/mol. The molecule has 0 bridgehead atoms. The van der Waals surface area contributed by atoms with Crippen LogP contribution in [0.1, 0.15) is 45.1 Å². The molecule has 1 saturated heterocycles. The highest BCUT2D eigenvalue weighted by atomic mass is 15.2. The molecule has 1 aliphatic rings. The largest absolute Gasteiger partial charge is 0.370 e. The predicted octanol–water partition coefficient (Wildman–Crippen LogP) is 3.28. The van der Waals surface area contributed by atoms with Gasteiger partial charge < -0.3 is 5.32 Å². The lowest BCUT2D eigenvalue weighted by Crippen LogP contribution is -2.36. The number of anilines is 1. The van der Waals surface area contributed by atoms with Crippen LogP contribution in [0.15, 0.2) is 18.3 Å². The minimum atomic E-state index is 0.719. The van der Waals surface area contributed by atoms with Gasteiger partial charge in [0.25, 0.3) is 0 Å². The first kappa shape index (κ1) is 13.3. The molecule has 1 fully saturated rings. The third kappa shape index (κ3) is 3.70. The van der Waals surface area contributed by atoms with Crippen molar-refractivity contribution < 1.29 is 0 Å². The SMILES string of the molecule is CCCNc1ccc(CN2CCCCC2C)cn1. The monoisotopic (exact) mass is 247 g/mol. The third-order valence-corrected chi connectivity index (χ3v) is 3.71. The van der Waals surface area contributed by atoms with Gasteiger partial charge in [-0.3, -0.25) is 4.90 Å². The first-order valence-electron chi connectivity index (χ1n) is 7.22. The summed E-state index contributed by atoms with van der Waals surface area (Å²) in [5.74, 6) is 0.993. The van der Waals surface area contributed by atoms with E-state index in [0.29, 0.717) is 0 Å². The maximum absolute atomic E-state index is 4.47. The summed E-state index contributed by atoms with van der Waals surface area (Å²) in [6.07, 6.45) is 7.21. The molecule has 2 heterocycles. The molecule has 3 heteroatoms. The van der Waals surface area contributed by atoms with Gasteiger partial charge in [0.05, 0.1) is 0 Å². The smallest absolute Gasteiger partial charge is 0.125 e. The molecule has 2 rings (SSSR count). The van der Waals surface area contributed by atoms with Crippen LogP contribution in [-0.4, -0.2) is 29.0 Å². The van der Waals surface area contributed by atoms with Gasteiger partial charge in [0.2, 0.25) is 0 Å². The summed E-state index contributed by atoms with van der Waals surface area (Å²) in [7, 11) is 0. The zero-order chi connectivity index (χ0) is 12.8. The maximum atomic E-state index is 4.47. The molecule has 0 radical (unpaired) electrons. The first-order valence-corrected chi connectivity index (χ1v) is 7.22. The summed E-state index contributed by atoms with van der Waals surface area (Å²) in [5, 5.41) is 3.31. The van der Waals surface area contributed by atoms with Crippen molar-refractivity contribution in [3.8, 4) is 0 Å². The zero-order valence-electron chi connectivity index (χ0n) is 11.7. The molecule has 1 aromatic rings. The number of hydrogen-bond acceptors (Lipinski definition) is 3. The van der Waals surface area contributed by atoms with E-state index in [-0.39, 0.29) is 0 Å². The van der Waals surface area contributed by atoms with E-state index in [0.717, 1.165) is 31.4 Å². The van der Waals surface area contributed by atoms with Crippen molar-refractivity contribution >= 4 is 5.82 Å². The van der Waals surface area contributed by atoms with Crippen molar-refractivity contribution in [3.63, 3.8) is 0 Å². The standard InChI is InChI=1S/C15H25N3/c1-3-9-16-15-8-7-14(11-17-15)12-18-10-5-4-6-13(18)2/h7-8,11,13H,3-6,9-10,12H2,1-2H3,(H,16,17). The average Bonchev–Trinajstić information content (AvgIpc) is 2.41. The Hall–Kier alpha value is -1.09. The molecule has 18 heavy (non-hydrogen) atoms. The fourth-order valence-corrected chi connectivity index (χ4v) is 2.50. The second kappa shape index (κ2) is 6.74. The van der Waals surface area contributed by atoms with Gasteiger partial charge in [-0.05, 0) is 44.4 Å². The van der Waals surface area contributed by atoms with Crippen molar-refractivity contribution in [2.45, 2.75) is 52.1 Å². The van der Waals surface area contributed by atoms with Crippen molar-refractivity contribution in [3.05, 3.63) is 23.9 Å². The van der Waals surface area contributed by atoms with E-state index in [1.54, 1.807) is 0 Å². The van der Waals surface area contributed by atoms with Crippen LogP contribution in [0.2, 0.25) is 0 Å². The lowest BCUT2D eigenvalue weighted by atomic mass is 10.0. The van der Waals surface area contributed by atoms with Gasteiger partial charge in [-0.2, -0.15) is 0 Å². The van der Waals surface area contributed by atoms with Crippen LogP contribution in [0.5, 0.6) is 0 Å². The highest BCUT2D eigenvalue weighted by Gasteiger charge is 2.17. The van der Waals surface area contributed by atoms with Crippen molar-refractivity contribution in [2.75, 3.05) is 18.4 Å². The molecular weight excluding hydrogens is 222 g/mol. The van der Waals surface area contributed by atoms with E-state index in [4.69, 9.17) is 0 Å². The minimum absolute atomic E-state index is 0.719. The molecule has 0 aliphatic carbocycles. The van der Waals surface area contributed by atoms with Gasteiger partial charge in [0, 0.05) is 25.3 Å². The van der Waals surface area contributed by atoms with Gasteiger partial charge in [-0.15, -0.1) is 0 Å². The molecule has 0 aromatic carbocycles. The Kier molecular flexibility index (Phi) is 5.00. The molecule has 0 saturated carbocycles. The highest BCUT2D eigenvalue weighted by molar-refractivity contribution is 5.35. The quantitative estimate of drug-likeness (QED) is 0.865. The number of nitrogens with one attached hydrogen (secondary N) is 1. The van der Waals surface area contributed by atoms with E-state index in [9.17, 15) is 0 Å². The molecule has 1 unspecified atom stereocenters. The van der Waals surface area contributed by atoms with Gasteiger partial charge in [0.15, 0.2) is 0 Å².